The van der Waals surface area contributed by atoms with Crippen LogP contribution in [-0.4, -0.2) is 47.1 Å². The van der Waals surface area contributed by atoms with Crippen LogP contribution in [0.2, 0.25) is 0 Å². The first kappa shape index (κ1) is 18.6. The summed E-state index contributed by atoms with van der Waals surface area (Å²) in [6, 6.07) is 13.0. The Hall–Kier alpha value is -3.75. The average Bonchev–Trinajstić information content (AvgIpc) is 2.71. The fourth-order valence-electron chi connectivity index (χ4n) is 2.89. The zero-order chi connectivity index (χ0) is 20.2. The van der Waals surface area contributed by atoms with E-state index >= 15 is 0 Å². The molecule has 0 atom stereocenters. The summed E-state index contributed by atoms with van der Waals surface area (Å²) >= 11 is 0. The molecular weight excluding hydrogens is 375 g/mol. The molecule has 148 valence electrons. The van der Waals surface area contributed by atoms with E-state index in [4.69, 9.17) is 4.74 Å². The van der Waals surface area contributed by atoms with Crippen molar-refractivity contribution >= 4 is 23.5 Å². The molecule has 2 aromatic carbocycles. The van der Waals surface area contributed by atoms with Gasteiger partial charge in [-0.1, -0.05) is 6.07 Å². The first-order valence-electron chi connectivity index (χ1n) is 9.06. The van der Waals surface area contributed by atoms with Crippen molar-refractivity contribution in [3.63, 3.8) is 0 Å². The summed E-state index contributed by atoms with van der Waals surface area (Å²) in [5.41, 5.74) is 1.24. The lowest BCUT2D eigenvalue weighted by Crippen LogP contribution is -2.54. The molecule has 9 heteroatoms. The number of benzene rings is 2. The number of anilines is 3. The zero-order valence-electron chi connectivity index (χ0n) is 15.7. The van der Waals surface area contributed by atoms with Crippen LogP contribution in [0, 0.1) is 5.82 Å². The van der Waals surface area contributed by atoms with Gasteiger partial charge in [0.05, 0.1) is 13.1 Å². The Balaban J connectivity index is 1.37. The number of nitrogens with zero attached hydrogens (tertiary/aromatic N) is 4. The molecule has 1 amide bonds. The number of nitrogens with one attached hydrogen (secondary N) is 2. The van der Waals surface area contributed by atoms with Gasteiger partial charge in [-0.05, 0) is 42.5 Å². The van der Waals surface area contributed by atoms with E-state index in [2.05, 4.69) is 25.6 Å². The first-order chi connectivity index (χ1) is 14.1. The van der Waals surface area contributed by atoms with Crippen LogP contribution in [0.5, 0.6) is 5.75 Å². The van der Waals surface area contributed by atoms with Crippen LogP contribution >= 0.6 is 0 Å². The summed E-state index contributed by atoms with van der Waals surface area (Å²) in [6.45, 7) is 1.24. The van der Waals surface area contributed by atoms with Gasteiger partial charge in [0, 0.05) is 18.3 Å². The van der Waals surface area contributed by atoms with Gasteiger partial charge in [-0.3, -0.25) is 4.79 Å². The summed E-state index contributed by atoms with van der Waals surface area (Å²) in [5.74, 6) is 1.08. The Morgan fingerprint density at radius 3 is 2.72 bits per heavy atom. The smallest absolute Gasteiger partial charge is 0.251 e. The molecule has 2 N–H and O–H groups in total. The van der Waals surface area contributed by atoms with Gasteiger partial charge >= 0.3 is 0 Å². The van der Waals surface area contributed by atoms with Crippen LogP contribution in [0.4, 0.5) is 22.0 Å². The summed E-state index contributed by atoms with van der Waals surface area (Å²) in [6.07, 6.45) is 1.42. The standard InChI is InChI=1S/C20H19FN6O2/c1-22-18(28)13-3-2-4-15(9-13)25-19-23-12-24-20(26-19)27-10-17(11-27)29-16-7-5-14(21)6-8-16/h2-9,12,17H,10-11H2,1H3,(H,22,28)(H,23,24,25,26). The second kappa shape index (κ2) is 8.09. The zero-order valence-corrected chi connectivity index (χ0v) is 15.7. The van der Waals surface area contributed by atoms with Gasteiger partial charge in [0.25, 0.3) is 5.91 Å². The van der Waals surface area contributed by atoms with Crippen LogP contribution in [0.25, 0.3) is 0 Å². The van der Waals surface area contributed by atoms with E-state index in [0.29, 0.717) is 42.0 Å². The highest BCUT2D eigenvalue weighted by molar-refractivity contribution is 5.95. The number of carbonyl (C=O) groups excluding carboxylic acids is 1. The number of rotatable bonds is 6. The minimum Gasteiger partial charge on any atom is -0.487 e. The third-order valence-electron chi connectivity index (χ3n) is 4.41. The van der Waals surface area contributed by atoms with Crippen LogP contribution < -0.4 is 20.3 Å². The van der Waals surface area contributed by atoms with Gasteiger partial charge in [-0.2, -0.15) is 4.98 Å². The number of halogens is 1. The fourth-order valence-corrected chi connectivity index (χ4v) is 2.89. The van der Waals surface area contributed by atoms with Crippen molar-refractivity contribution in [2.75, 3.05) is 30.4 Å². The van der Waals surface area contributed by atoms with E-state index in [9.17, 15) is 9.18 Å². The molecule has 0 unspecified atom stereocenters. The highest BCUT2D eigenvalue weighted by Crippen LogP contribution is 2.23. The summed E-state index contributed by atoms with van der Waals surface area (Å²) in [4.78, 5) is 26.5. The Morgan fingerprint density at radius 2 is 1.97 bits per heavy atom. The molecule has 8 nitrogen and oxygen atoms in total. The second-order valence-corrected chi connectivity index (χ2v) is 6.49. The van der Waals surface area contributed by atoms with Gasteiger partial charge in [0.2, 0.25) is 11.9 Å². The molecule has 0 radical (unpaired) electrons. The predicted molar refractivity (Wildman–Crippen MR) is 106 cm³/mol. The molecule has 1 aliphatic rings. The van der Waals surface area contributed by atoms with Gasteiger partial charge < -0.3 is 20.3 Å². The monoisotopic (exact) mass is 394 g/mol. The Labute approximate surface area is 166 Å². The highest BCUT2D eigenvalue weighted by atomic mass is 19.1. The molecule has 29 heavy (non-hydrogen) atoms. The van der Waals surface area contributed by atoms with E-state index in [1.54, 1.807) is 37.4 Å². The molecule has 0 bridgehead atoms. The van der Waals surface area contributed by atoms with Crippen molar-refractivity contribution < 1.29 is 13.9 Å². The predicted octanol–water partition coefficient (Wildman–Crippen LogP) is 2.38. The fraction of sp³-hybridized carbons (Fsp3) is 0.200. The minimum atomic E-state index is -0.293. The van der Waals surface area contributed by atoms with E-state index in [-0.39, 0.29) is 17.8 Å². The average molecular weight is 394 g/mol. The third kappa shape index (κ3) is 4.40. The lowest BCUT2D eigenvalue weighted by molar-refractivity contribution is 0.0963. The third-order valence-corrected chi connectivity index (χ3v) is 4.41. The Kier molecular flexibility index (Phi) is 5.19. The van der Waals surface area contributed by atoms with Crippen LogP contribution in [0.1, 0.15) is 10.4 Å². The first-order valence-corrected chi connectivity index (χ1v) is 9.06. The van der Waals surface area contributed by atoms with Crippen LogP contribution in [0.3, 0.4) is 0 Å². The number of aromatic nitrogens is 3. The van der Waals surface area contributed by atoms with Crippen molar-refractivity contribution in [1.29, 1.82) is 0 Å². The second-order valence-electron chi connectivity index (χ2n) is 6.49. The van der Waals surface area contributed by atoms with Crippen molar-refractivity contribution in [3.8, 4) is 5.75 Å². The maximum Gasteiger partial charge on any atom is 0.251 e. The van der Waals surface area contributed by atoms with Gasteiger partial charge in [0.15, 0.2) is 0 Å². The Morgan fingerprint density at radius 1 is 1.17 bits per heavy atom. The summed E-state index contributed by atoms with van der Waals surface area (Å²) in [5, 5.41) is 5.68. The molecule has 1 aliphatic heterocycles. The highest BCUT2D eigenvalue weighted by Gasteiger charge is 2.30. The quantitative estimate of drug-likeness (QED) is 0.663. The van der Waals surface area contributed by atoms with E-state index in [0.717, 1.165) is 0 Å². The summed E-state index contributed by atoms with van der Waals surface area (Å²) < 4.78 is 18.8. The molecule has 3 aromatic rings. The molecule has 4 rings (SSSR count). The topological polar surface area (TPSA) is 92.3 Å². The number of carbonyl (C=O) groups is 1. The molecule has 1 fully saturated rings. The molecular formula is C20H19FN6O2. The van der Waals surface area contributed by atoms with E-state index in [1.807, 2.05) is 11.0 Å². The maximum atomic E-state index is 13.0. The van der Waals surface area contributed by atoms with E-state index in [1.165, 1.54) is 18.5 Å². The largest absolute Gasteiger partial charge is 0.487 e. The normalized spacial score (nSPS) is 13.5. The van der Waals surface area contributed by atoms with Crippen LogP contribution in [-0.2, 0) is 0 Å². The number of hydrogen-bond donors (Lipinski definition) is 2. The summed E-state index contributed by atoms with van der Waals surface area (Å²) in [7, 11) is 1.58. The van der Waals surface area contributed by atoms with E-state index < -0.39 is 0 Å². The van der Waals surface area contributed by atoms with Crippen molar-refractivity contribution in [3.05, 3.63) is 66.2 Å². The van der Waals surface area contributed by atoms with Crippen molar-refractivity contribution in [1.82, 2.24) is 20.3 Å². The Bertz CT molecular complexity index is 1010. The number of amides is 1. The van der Waals surface area contributed by atoms with Gasteiger partial charge in [-0.25, -0.2) is 14.4 Å². The molecule has 0 aliphatic carbocycles. The van der Waals surface area contributed by atoms with Gasteiger partial charge in [0.1, 0.15) is 24.0 Å². The van der Waals surface area contributed by atoms with Crippen molar-refractivity contribution in [2.45, 2.75) is 6.10 Å². The molecule has 1 saturated heterocycles. The molecule has 0 spiro atoms. The SMILES string of the molecule is CNC(=O)c1cccc(Nc2ncnc(N3CC(Oc4ccc(F)cc4)C3)n2)c1. The van der Waals surface area contributed by atoms with Crippen LogP contribution in [0.15, 0.2) is 54.9 Å². The molecule has 0 saturated carbocycles. The molecule has 2 heterocycles. The number of hydrogen-bond acceptors (Lipinski definition) is 7. The number of ether oxygens (including phenoxy) is 1. The maximum absolute atomic E-state index is 13.0. The van der Waals surface area contributed by atoms with Gasteiger partial charge in [-0.15, -0.1) is 0 Å². The van der Waals surface area contributed by atoms with Crippen molar-refractivity contribution in [2.24, 2.45) is 0 Å². The lowest BCUT2D eigenvalue weighted by Gasteiger charge is -2.38. The molecule has 1 aromatic heterocycles. The lowest BCUT2D eigenvalue weighted by atomic mass is 10.2. The minimum absolute atomic E-state index is 0.0159.